The highest BCUT2D eigenvalue weighted by Gasteiger charge is 2.12. The van der Waals surface area contributed by atoms with Crippen LogP contribution in [0.25, 0.3) is 0 Å². The van der Waals surface area contributed by atoms with Gasteiger partial charge in [-0.2, -0.15) is 0 Å². The molecule has 0 fully saturated rings. The zero-order valence-electron chi connectivity index (χ0n) is 6.16. The van der Waals surface area contributed by atoms with Gasteiger partial charge in [-0.3, -0.25) is 4.79 Å². The van der Waals surface area contributed by atoms with Gasteiger partial charge in [0.05, 0.1) is 6.93 Å². The molecule has 1 aliphatic rings. The number of amides is 1. The molecule has 10 heavy (non-hydrogen) atoms. The Hall–Kier alpha value is -1.44. The van der Waals surface area contributed by atoms with Crippen LogP contribution < -0.4 is 0 Å². The molecule has 1 aromatic carbocycles. The molecule has 0 aliphatic carbocycles. The molecule has 2 nitrogen and oxygen atoms in total. The number of aliphatic imine (C=N–C) groups is 1. The molecule has 48 valence electrons. The van der Waals surface area contributed by atoms with Crippen LogP contribution in [0.3, 0.4) is 0 Å². The largest absolute Gasteiger partial charge is 0.277 e. The minimum Gasteiger partial charge on any atom is -0.267 e. The van der Waals surface area contributed by atoms with Crippen molar-refractivity contribution in [1.82, 2.24) is 0 Å². The zero-order chi connectivity index (χ0) is 7.84. The van der Waals surface area contributed by atoms with Crippen molar-refractivity contribution < 1.29 is 6.17 Å². The normalized spacial score (nSPS) is 16.2. The van der Waals surface area contributed by atoms with E-state index in [1.54, 1.807) is 24.3 Å². The van der Waals surface area contributed by atoms with Crippen molar-refractivity contribution in [2.24, 2.45) is 4.99 Å². The third-order valence-corrected chi connectivity index (χ3v) is 1.44. The van der Waals surface area contributed by atoms with Crippen LogP contribution in [0, 0.1) is 0 Å². The molecule has 0 atom stereocenters. The molecule has 0 N–H and O–H groups in total. The highest BCUT2D eigenvalue weighted by Crippen LogP contribution is 2.12. The molecule has 0 radical (unpaired) electrons. The van der Waals surface area contributed by atoms with Gasteiger partial charge in [0.1, 0.15) is 0 Å². The summed E-state index contributed by atoms with van der Waals surface area (Å²) in [6.07, 6.45) is 0.0746. The van der Waals surface area contributed by atoms with Gasteiger partial charge >= 0.3 is 0 Å². The van der Waals surface area contributed by atoms with Crippen molar-refractivity contribution >= 4 is 12.1 Å². The maximum absolute atomic E-state index is 11.0. The smallest absolute Gasteiger partial charge is 0.267 e. The maximum Gasteiger partial charge on any atom is 0.277 e. The van der Waals surface area contributed by atoms with Gasteiger partial charge in [0.2, 0.25) is 0 Å². The standard InChI is InChI=1S/C8H5NO/c10-8-7-4-2-1-3-6(7)5-9-8/h1-5H/i5D. The highest BCUT2D eigenvalue weighted by atomic mass is 16.1. The Bertz CT molecular complexity index is 357. The first-order chi connectivity index (χ1) is 5.29. The molecule has 0 saturated heterocycles. The van der Waals surface area contributed by atoms with E-state index in [2.05, 4.69) is 4.99 Å². The zero-order valence-corrected chi connectivity index (χ0v) is 5.16. The van der Waals surface area contributed by atoms with Crippen LogP contribution in [0.15, 0.2) is 29.3 Å². The van der Waals surface area contributed by atoms with Crippen molar-refractivity contribution in [1.29, 1.82) is 0 Å². The fourth-order valence-corrected chi connectivity index (χ4v) is 0.938. The Balaban J connectivity index is 2.71. The van der Waals surface area contributed by atoms with Gasteiger partial charge in [-0.1, -0.05) is 18.2 Å². The summed E-state index contributed by atoms with van der Waals surface area (Å²) in [6.45, 7) is 0. The molecule has 0 unspecified atom stereocenters. The predicted molar refractivity (Wildman–Crippen MR) is 38.4 cm³/mol. The van der Waals surface area contributed by atoms with E-state index < -0.39 is 0 Å². The Morgan fingerprint density at radius 1 is 1.40 bits per heavy atom. The topological polar surface area (TPSA) is 29.4 Å². The first-order valence-corrected chi connectivity index (χ1v) is 2.98. The van der Waals surface area contributed by atoms with Gasteiger partial charge in [-0.05, 0) is 6.07 Å². The second-order valence-electron chi connectivity index (χ2n) is 2.07. The van der Waals surface area contributed by atoms with Crippen LogP contribution in [0.4, 0.5) is 0 Å². The Morgan fingerprint density at radius 3 is 3.00 bits per heavy atom. The lowest BCUT2D eigenvalue weighted by Crippen LogP contribution is -1.89. The minimum absolute atomic E-state index is 0.0746. The van der Waals surface area contributed by atoms with Gasteiger partial charge in [-0.25, -0.2) is 4.99 Å². The van der Waals surface area contributed by atoms with Crippen LogP contribution in [0.1, 0.15) is 17.3 Å². The average molecular weight is 132 g/mol. The Kier molecular flexibility index (Phi) is 0.776. The maximum atomic E-state index is 11.0. The van der Waals surface area contributed by atoms with Gasteiger partial charge in [-0.15, -0.1) is 0 Å². The molecule has 1 heterocycles. The first-order valence-electron chi connectivity index (χ1n) is 3.48. The van der Waals surface area contributed by atoms with E-state index in [4.69, 9.17) is 1.37 Å². The van der Waals surface area contributed by atoms with Crippen LogP contribution in [0.2, 0.25) is 0 Å². The first kappa shape index (κ1) is 4.39. The summed E-state index contributed by atoms with van der Waals surface area (Å²) in [4.78, 5) is 14.5. The second-order valence-corrected chi connectivity index (χ2v) is 2.07. The Labute approximate surface area is 59.6 Å². The molecular weight excluding hydrogens is 126 g/mol. The Morgan fingerprint density at radius 2 is 2.20 bits per heavy atom. The molecule has 0 spiro atoms. The van der Waals surface area contributed by atoms with Gasteiger partial charge < -0.3 is 0 Å². The van der Waals surface area contributed by atoms with Gasteiger partial charge in [0, 0.05) is 11.8 Å². The van der Waals surface area contributed by atoms with E-state index in [9.17, 15) is 4.79 Å². The van der Waals surface area contributed by atoms with Crippen molar-refractivity contribution in [3.05, 3.63) is 35.4 Å². The predicted octanol–water partition coefficient (Wildman–Crippen LogP) is 1.26. The third-order valence-electron chi connectivity index (χ3n) is 1.44. The fraction of sp³-hybridized carbons (Fsp3) is 0. The lowest BCUT2D eigenvalue weighted by Gasteiger charge is -1.89. The van der Waals surface area contributed by atoms with Crippen molar-refractivity contribution in [3.8, 4) is 0 Å². The van der Waals surface area contributed by atoms with Crippen molar-refractivity contribution in [2.45, 2.75) is 0 Å². The number of carbonyl (C=O) groups excluding carboxylic acids is 1. The monoisotopic (exact) mass is 132 g/mol. The summed E-state index contributed by atoms with van der Waals surface area (Å²) in [5.41, 5.74) is 1.18. The molecule has 1 aliphatic heterocycles. The molecule has 1 amide bonds. The van der Waals surface area contributed by atoms with Gasteiger partial charge in [0.25, 0.3) is 5.91 Å². The molecule has 2 rings (SSSR count). The lowest BCUT2D eigenvalue weighted by atomic mass is 10.1. The molecule has 1 aromatic rings. The van der Waals surface area contributed by atoms with E-state index in [1.807, 2.05) is 0 Å². The SMILES string of the molecule is [2H]C1=NC(=O)c2ccccc21. The summed E-state index contributed by atoms with van der Waals surface area (Å²) in [5, 5.41) is 0. The number of hydrogen-bond acceptors (Lipinski definition) is 1. The van der Waals surface area contributed by atoms with E-state index >= 15 is 0 Å². The summed E-state index contributed by atoms with van der Waals surface area (Å²) in [6, 6.07) is 6.97. The van der Waals surface area contributed by atoms with Crippen LogP contribution in [-0.4, -0.2) is 12.1 Å². The molecule has 0 aromatic heterocycles. The summed E-state index contributed by atoms with van der Waals surface area (Å²) < 4.78 is 7.27. The number of benzene rings is 1. The second kappa shape index (κ2) is 1.77. The van der Waals surface area contributed by atoms with Crippen LogP contribution >= 0.6 is 0 Å². The van der Waals surface area contributed by atoms with Crippen molar-refractivity contribution in [3.63, 3.8) is 0 Å². The van der Waals surface area contributed by atoms with Crippen molar-refractivity contribution in [2.75, 3.05) is 0 Å². The number of fused-ring (bicyclic) bond motifs is 1. The van der Waals surface area contributed by atoms with E-state index in [-0.39, 0.29) is 12.1 Å². The van der Waals surface area contributed by atoms with Crippen LogP contribution in [-0.2, 0) is 0 Å². The molecule has 0 saturated carbocycles. The molecule has 0 bridgehead atoms. The van der Waals surface area contributed by atoms with Crippen LogP contribution in [0.5, 0.6) is 0 Å². The van der Waals surface area contributed by atoms with E-state index in [0.29, 0.717) is 11.1 Å². The summed E-state index contributed by atoms with van der Waals surface area (Å²) in [7, 11) is 0. The minimum atomic E-state index is -0.300. The average Bonchev–Trinajstić information content (AvgIpc) is 2.30. The van der Waals surface area contributed by atoms with E-state index in [0.717, 1.165) is 0 Å². The lowest BCUT2D eigenvalue weighted by molar-refractivity contribution is 0.101. The highest BCUT2D eigenvalue weighted by molar-refractivity contribution is 6.12. The van der Waals surface area contributed by atoms with Gasteiger partial charge in [0.15, 0.2) is 0 Å². The molecular formula is C8H5NO. The summed E-state index contributed by atoms with van der Waals surface area (Å²) in [5.74, 6) is -0.300. The quantitative estimate of drug-likeness (QED) is 0.522. The number of hydrogen-bond donors (Lipinski definition) is 0. The molecule has 2 heteroatoms. The summed E-state index contributed by atoms with van der Waals surface area (Å²) >= 11 is 0. The number of nitrogens with zero attached hydrogens (tertiary/aromatic N) is 1. The number of rotatable bonds is 0. The fourth-order valence-electron chi connectivity index (χ4n) is 0.938. The number of carbonyl (C=O) groups is 1. The third kappa shape index (κ3) is 0.589. The van der Waals surface area contributed by atoms with E-state index in [1.165, 1.54) is 0 Å².